The van der Waals surface area contributed by atoms with Gasteiger partial charge in [-0.05, 0) is 0 Å². The molecule has 0 amide bonds. The summed E-state index contributed by atoms with van der Waals surface area (Å²) >= 11 is -0.461. The zero-order valence-corrected chi connectivity index (χ0v) is 9.96. The fourth-order valence-electron chi connectivity index (χ4n) is 1.61. The van der Waals surface area contributed by atoms with Crippen LogP contribution in [0.3, 0.4) is 0 Å². The van der Waals surface area contributed by atoms with E-state index in [1.165, 1.54) is 25.9 Å². The Morgan fingerprint density at radius 3 is 2.64 bits per heavy atom. The van der Waals surface area contributed by atoms with Gasteiger partial charge in [-0.25, -0.2) is 0 Å². The van der Waals surface area contributed by atoms with Crippen LogP contribution >= 0.6 is 0 Å². The van der Waals surface area contributed by atoms with Crippen molar-refractivity contribution in [2.24, 2.45) is 0 Å². The first-order valence-electron chi connectivity index (χ1n) is 4.27. The molecule has 2 aliphatic heterocycles. The molecule has 2 heteroatoms. The zero-order chi connectivity index (χ0) is 7.52. The minimum absolute atomic E-state index is 0.461. The van der Waals surface area contributed by atoms with Crippen molar-refractivity contribution in [3.8, 4) is 0 Å². The second-order valence-electron chi connectivity index (χ2n) is 3.03. The standard InChI is InChI=1S/C9H12N.In/c1-2-3-4-7-10-8-5-6-9-10;/h1-4H,5-6,8-9H2;. The molecule has 0 aliphatic carbocycles. The first-order chi connectivity index (χ1) is 5.47. The average molecular weight is 249 g/mol. The molecule has 0 bridgehead atoms. The summed E-state index contributed by atoms with van der Waals surface area (Å²) in [5, 5.41) is 0. The molecule has 11 heavy (non-hydrogen) atoms. The summed E-state index contributed by atoms with van der Waals surface area (Å²) in [6.45, 7) is 2.64. The van der Waals surface area contributed by atoms with Gasteiger partial charge in [-0.1, -0.05) is 0 Å². The summed E-state index contributed by atoms with van der Waals surface area (Å²) in [6, 6.07) is 0. The van der Waals surface area contributed by atoms with Crippen LogP contribution in [0.15, 0.2) is 22.1 Å². The fraction of sp³-hybridized carbons (Fsp3) is 0.444. The SMILES string of the molecule is C1=[CH][In]=[C](N2CCCC2)C=C1. The van der Waals surface area contributed by atoms with Gasteiger partial charge < -0.3 is 0 Å². The Kier molecular flexibility index (Phi) is 2.52. The molecule has 2 rings (SSSR count). The summed E-state index contributed by atoms with van der Waals surface area (Å²) in [5.74, 6) is 0. The van der Waals surface area contributed by atoms with Crippen LogP contribution in [-0.4, -0.2) is 43.8 Å². The molecule has 1 nitrogen and oxygen atoms in total. The van der Waals surface area contributed by atoms with Gasteiger partial charge in [0.2, 0.25) is 0 Å². The summed E-state index contributed by atoms with van der Waals surface area (Å²) < 4.78 is 4.11. The van der Waals surface area contributed by atoms with E-state index in [1.807, 2.05) is 0 Å². The predicted octanol–water partition coefficient (Wildman–Crippen LogP) is 1.000. The van der Waals surface area contributed by atoms with Gasteiger partial charge in [0.25, 0.3) is 0 Å². The van der Waals surface area contributed by atoms with Crippen molar-refractivity contribution < 1.29 is 0 Å². The molecular formula is C9H12InN. The van der Waals surface area contributed by atoms with Gasteiger partial charge in [0.15, 0.2) is 0 Å². The molecule has 0 aromatic heterocycles. The average Bonchev–Trinajstić information content (AvgIpc) is 2.58. The van der Waals surface area contributed by atoms with Crippen molar-refractivity contribution >= 4 is 25.8 Å². The minimum atomic E-state index is -0.461. The molecule has 0 unspecified atom stereocenters. The second kappa shape index (κ2) is 3.61. The molecule has 1 saturated heterocycles. The number of hydrogen-bond acceptors (Lipinski definition) is 1. The van der Waals surface area contributed by atoms with Crippen LogP contribution < -0.4 is 0 Å². The zero-order valence-electron chi connectivity index (χ0n) is 6.66. The summed E-state index contributed by atoms with van der Waals surface area (Å²) in [5.41, 5.74) is 0. The van der Waals surface area contributed by atoms with Crippen LogP contribution in [0, 0.1) is 0 Å². The van der Waals surface area contributed by atoms with E-state index in [-0.39, 0.29) is 0 Å². The van der Waals surface area contributed by atoms with Crippen molar-refractivity contribution in [1.29, 1.82) is 0 Å². The van der Waals surface area contributed by atoms with Crippen LogP contribution in [0.5, 0.6) is 0 Å². The molecule has 1 fully saturated rings. The van der Waals surface area contributed by atoms with Crippen molar-refractivity contribution in [2.75, 3.05) is 13.1 Å². The molecule has 0 atom stereocenters. The van der Waals surface area contributed by atoms with E-state index in [2.05, 4.69) is 27.0 Å². The van der Waals surface area contributed by atoms with Gasteiger partial charge >= 0.3 is 78.7 Å². The summed E-state index contributed by atoms with van der Waals surface area (Å²) in [6.07, 6.45) is 9.53. The van der Waals surface area contributed by atoms with Gasteiger partial charge in [-0.2, -0.15) is 0 Å². The van der Waals surface area contributed by atoms with E-state index in [0.29, 0.717) is 0 Å². The molecule has 2 heterocycles. The van der Waals surface area contributed by atoms with E-state index in [1.54, 1.807) is 3.38 Å². The molecule has 56 valence electrons. The fourth-order valence-corrected chi connectivity index (χ4v) is 4.83. The maximum atomic E-state index is 2.58. The van der Waals surface area contributed by atoms with Crippen LogP contribution in [0.1, 0.15) is 12.8 Å². The van der Waals surface area contributed by atoms with E-state index < -0.39 is 22.4 Å². The topological polar surface area (TPSA) is 3.24 Å². The molecule has 0 radical (unpaired) electrons. The summed E-state index contributed by atoms with van der Waals surface area (Å²) in [7, 11) is 0. The van der Waals surface area contributed by atoms with Crippen LogP contribution in [0.2, 0.25) is 0 Å². The van der Waals surface area contributed by atoms with E-state index in [9.17, 15) is 0 Å². The number of hydrogen-bond donors (Lipinski definition) is 0. The Morgan fingerprint density at radius 1 is 1.18 bits per heavy atom. The maximum absolute atomic E-state index is 2.58. The van der Waals surface area contributed by atoms with Gasteiger partial charge in [0, 0.05) is 0 Å². The first kappa shape index (κ1) is 7.66. The van der Waals surface area contributed by atoms with Gasteiger partial charge in [0.1, 0.15) is 0 Å². The number of rotatable bonds is 1. The summed E-state index contributed by atoms with van der Waals surface area (Å²) in [4.78, 5) is 2.58. The predicted molar refractivity (Wildman–Crippen MR) is 49.8 cm³/mol. The van der Waals surface area contributed by atoms with E-state index >= 15 is 0 Å². The number of nitrogens with zero attached hydrogens (tertiary/aromatic N) is 1. The first-order valence-corrected chi connectivity index (χ1v) is 7.82. The second-order valence-corrected chi connectivity index (χ2v) is 6.77. The van der Waals surface area contributed by atoms with Gasteiger partial charge in [-0.15, -0.1) is 0 Å². The number of likely N-dealkylation sites (tertiary alicyclic amines) is 1. The molecule has 0 saturated carbocycles. The van der Waals surface area contributed by atoms with Crippen molar-refractivity contribution in [3.05, 3.63) is 22.1 Å². The van der Waals surface area contributed by atoms with Crippen molar-refractivity contribution in [3.63, 3.8) is 0 Å². The Labute approximate surface area is 78.6 Å². The normalized spacial score (nSPS) is 21.8. The Bertz CT molecular complexity index is 222. The quantitative estimate of drug-likeness (QED) is 0.670. The Morgan fingerprint density at radius 2 is 2.00 bits per heavy atom. The van der Waals surface area contributed by atoms with Gasteiger partial charge in [-0.3, -0.25) is 0 Å². The van der Waals surface area contributed by atoms with Crippen molar-refractivity contribution in [1.82, 2.24) is 4.90 Å². The molecule has 0 N–H and O–H groups in total. The van der Waals surface area contributed by atoms with Crippen LogP contribution in [0.25, 0.3) is 0 Å². The third-order valence-electron chi connectivity index (χ3n) is 2.23. The number of allylic oxidation sites excluding steroid dienone is 2. The Balaban J connectivity index is 2.09. The molecule has 0 aromatic carbocycles. The third kappa shape index (κ3) is 1.78. The van der Waals surface area contributed by atoms with Crippen molar-refractivity contribution in [2.45, 2.75) is 12.8 Å². The van der Waals surface area contributed by atoms with Gasteiger partial charge in [0.05, 0.1) is 0 Å². The van der Waals surface area contributed by atoms with Crippen LogP contribution in [-0.2, 0) is 0 Å². The van der Waals surface area contributed by atoms with Crippen LogP contribution in [0.4, 0.5) is 0 Å². The van der Waals surface area contributed by atoms with E-state index in [0.717, 1.165) is 0 Å². The Hall–Kier alpha value is 0.0201. The van der Waals surface area contributed by atoms with E-state index in [4.69, 9.17) is 0 Å². The molecular weight excluding hydrogens is 237 g/mol. The molecule has 2 aliphatic rings. The third-order valence-corrected chi connectivity index (χ3v) is 5.98. The molecule has 0 spiro atoms. The molecule has 0 aromatic rings. The monoisotopic (exact) mass is 249 g/mol.